The molecule has 0 spiro atoms. The predicted octanol–water partition coefficient (Wildman–Crippen LogP) is 0.983. The van der Waals surface area contributed by atoms with Gasteiger partial charge in [-0.15, -0.1) is 0 Å². The van der Waals surface area contributed by atoms with E-state index >= 15 is 0 Å². The highest BCUT2D eigenvalue weighted by Gasteiger charge is 2.09. The molecule has 0 aliphatic carbocycles. The highest BCUT2D eigenvalue weighted by atomic mass is 16.2. The van der Waals surface area contributed by atoms with Gasteiger partial charge in [0.1, 0.15) is 0 Å². The van der Waals surface area contributed by atoms with Gasteiger partial charge in [0.15, 0.2) is 0 Å². The molecule has 0 aromatic rings. The van der Waals surface area contributed by atoms with Gasteiger partial charge >= 0.3 is 0 Å². The van der Waals surface area contributed by atoms with Crippen LogP contribution in [0.1, 0.15) is 38.5 Å². The molecule has 1 aliphatic heterocycles. The Morgan fingerprint density at radius 3 is 1.73 bits per heavy atom. The smallest absolute Gasteiger partial charge is 0.226 e. The maximum Gasteiger partial charge on any atom is 0.226 e. The first-order chi connectivity index (χ1) is 5.29. The zero-order chi connectivity index (χ0) is 8.10. The zero-order valence-electron chi connectivity index (χ0n) is 6.56. The number of imide groups is 1. The van der Waals surface area contributed by atoms with Crippen molar-refractivity contribution < 1.29 is 9.59 Å². The van der Waals surface area contributed by atoms with Gasteiger partial charge < -0.3 is 0 Å². The fourth-order valence-corrected chi connectivity index (χ4v) is 1.21. The highest BCUT2D eigenvalue weighted by Crippen LogP contribution is 2.07. The molecule has 1 fully saturated rings. The summed E-state index contributed by atoms with van der Waals surface area (Å²) in [4.78, 5) is 21.7. The molecular formula is C8H13NO2. The minimum absolute atomic E-state index is 0.114. The summed E-state index contributed by atoms with van der Waals surface area (Å²) in [7, 11) is 0. The number of amides is 2. The molecule has 0 unspecified atom stereocenters. The Labute approximate surface area is 66.2 Å². The molecule has 1 aliphatic rings. The van der Waals surface area contributed by atoms with Crippen LogP contribution in [0.25, 0.3) is 0 Å². The topological polar surface area (TPSA) is 46.2 Å². The van der Waals surface area contributed by atoms with E-state index in [1.807, 2.05) is 0 Å². The fourth-order valence-electron chi connectivity index (χ4n) is 1.21. The molecule has 1 N–H and O–H groups in total. The van der Waals surface area contributed by atoms with Crippen molar-refractivity contribution in [3.63, 3.8) is 0 Å². The molecule has 1 saturated heterocycles. The van der Waals surface area contributed by atoms with Crippen LogP contribution in [0.5, 0.6) is 0 Å². The molecule has 11 heavy (non-hydrogen) atoms. The minimum atomic E-state index is -0.114. The van der Waals surface area contributed by atoms with Crippen LogP contribution < -0.4 is 5.32 Å². The van der Waals surface area contributed by atoms with Gasteiger partial charge in [0.25, 0.3) is 0 Å². The number of carbonyl (C=O) groups is 2. The molecule has 1 heterocycles. The van der Waals surface area contributed by atoms with Gasteiger partial charge in [-0.1, -0.05) is 12.8 Å². The van der Waals surface area contributed by atoms with Crippen molar-refractivity contribution in [2.24, 2.45) is 0 Å². The summed E-state index contributed by atoms with van der Waals surface area (Å²) in [6, 6.07) is 0. The standard InChI is InChI=1S/C8H13NO2/c10-7-5-3-1-2-4-6-8(11)9-7/h1-6H2,(H,9,10,11). The maximum atomic E-state index is 10.9. The van der Waals surface area contributed by atoms with E-state index < -0.39 is 0 Å². The van der Waals surface area contributed by atoms with Crippen molar-refractivity contribution in [3.8, 4) is 0 Å². The largest absolute Gasteiger partial charge is 0.296 e. The highest BCUT2D eigenvalue weighted by molar-refractivity contribution is 5.95. The Morgan fingerprint density at radius 2 is 1.27 bits per heavy atom. The van der Waals surface area contributed by atoms with Gasteiger partial charge in [0.2, 0.25) is 11.8 Å². The Morgan fingerprint density at radius 1 is 0.818 bits per heavy atom. The normalized spacial score (nSPS) is 21.5. The SMILES string of the molecule is O=C1CCCCCCC(=O)N1. The molecule has 2 amide bonds. The van der Waals surface area contributed by atoms with Crippen LogP contribution in [0.15, 0.2) is 0 Å². The first-order valence-corrected chi connectivity index (χ1v) is 4.12. The third-order valence-electron chi connectivity index (χ3n) is 1.84. The monoisotopic (exact) mass is 155 g/mol. The van der Waals surface area contributed by atoms with E-state index in [1.54, 1.807) is 0 Å². The quantitative estimate of drug-likeness (QED) is 0.530. The number of hydrogen-bond acceptors (Lipinski definition) is 2. The number of rotatable bonds is 0. The van der Waals surface area contributed by atoms with Gasteiger partial charge in [-0.3, -0.25) is 14.9 Å². The average molecular weight is 155 g/mol. The second-order valence-electron chi connectivity index (χ2n) is 2.89. The van der Waals surface area contributed by atoms with Gasteiger partial charge in [-0.2, -0.15) is 0 Å². The van der Waals surface area contributed by atoms with Gasteiger partial charge in [-0.05, 0) is 12.8 Å². The molecular weight excluding hydrogens is 142 g/mol. The molecule has 3 heteroatoms. The van der Waals surface area contributed by atoms with Crippen molar-refractivity contribution in [1.29, 1.82) is 0 Å². The van der Waals surface area contributed by atoms with Crippen LogP contribution in [0.3, 0.4) is 0 Å². The number of carbonyl (C=O) groups excluding carboxylic acids is 2. The third kappa shape index (κ3) is 3.16. The molecule has 0 aromatic carbocycles. The van der Waals surface area contributed by atoms with E-state index in [0.717, 1.165) is 25.7 Å². The average Bonchev–Trinajstić information content (AvgIpc) is 2.02. The van der Waals surface area contributed by atoms with Gasteiger partial charge in [0, 0.05) is 12.8 Å². The summed E-state index contributed by atoms with van der Waals surface area (Å²) >= 11 is 0. The molecule has 0 bridgehead atoms. The van der Waals surface area contributed by atoms with E-state index in [9.17, 15) is 9.59 Å². The predicted molar refractivity (Wildman–Crippen MR) is 40.9 cm³/mol. The molecule has 0 saturated carbocycles. The molecule has 3 nitrogen and oxygen atoms in total. The van der Waals surface area contributed by atoms with Gasteiger partial charge in [-0.25, -0.2) is 0 Å². The van der Waals surface area contributed by atoms with Crippen molar-refractivity contribution in [2.75, 3.05) is 0 Å². The van der Waals surface area contributed by atoms with Crippen LogP contribution in [-0.4, -0.2) is 11.8 Å². The zero-order valence-corrected chi connectivity index (χ0v) is 6.56. The lowest BCUT2D eigenvalue weighted by Gasteiger charge is -1.98. The summed E-state index contributed by atoms with van der Waals surface area (Å²) in [6.07, 6.45) is 4.98. The van der Waals surface area contributed by atoms with Crippen LogP contribution in [-0.2, 0) is 9.59 Å². The van der Waals surface area contributed by atoms with Crippen LogP contribution in [0.2, 0.25) is 0 Å². The van der Waals surface area contributed by atoms with Crippen LogP contribution in [0.4, 0.5) is 0 Å². The fraction of sp³-hybridized carbons (Fsp3) is 0.750. The third-order valence-corrected chi connectivity index (χ3v) is 1.84. The van der Waals surface area contributed by atoms with E-state index in [-0.39, 0.29) is 11.8 Å². The van der Waals surface area contributed by atoms with Crippen molar-refractivity contribution in [3.05, 3.63) is 0 Å². The minimum Gasteiger partial charge on any atom is -0.296 e. The molecule has 0 aromatic heterocycles. The van der Waals surface area contributed by atoms with Crippen LogP contribution in [0, 0.1) is 0 Å². The summed E-state index contributed by atoms with van der Waals surface area (Å²) in [6.45, 7) is 0. The molecule has 1 rings (SSSR count). The molecule has 0 radical (unpaired) electrons. The second kappa shape index (κ2) is 4.11. The maximum absolute atomic E-state index is 10.9. The Kier molecular flexibility index (Phi) is 3.08. The Hall–Kier alpha value is -0.860. The summed E-state index contributed by atoms with van der Waals surface area (Å²) in [5, 5.41) is 2.34. The summed E-state index contributed by atoms with van der Waals surface area (Å²) in [5.74, 6) is -0.228. The molecule has 0 atom stereocenters. The Balaban J connectivity index is 2.39. The van der Waals surface area contributed by atoms with E-state index in [2.05, 4.69) is 5.32 Å². The van der Waals surface area contributed by atoms with E-state index in [4.69, 9.17) is 0 Å². The first kappa shape index (κ1) is 8.24. The number of nitrogens with one attached hydrogen (secondary N) is 1. The lowest BCUT2D eigenvalue weighted by molar-refractivity contribution is -0.130. The summed E-state index contributed by atoms with van der Waals surface area (Å²) in [5.41, 5.74) is 0. The van der Waals surface area contributed by atoms with Crippen molar-refractivity contribution in [1.82, 2.24) is 5.32 Å². The lowest BCUT2D eigenvalue weighted by atomic mass is 10.1. The lowest BCUT2D eigenvalue weighted by Crippen LogP contribution is -2.29. The van der Waals surface area contributed by atoms with Gasteiger partial charge in [0.05, 0.1) is 0 Å². The van der Waals surface area contributed by atoms with Crippen LogP contribution >= 0.6 is 0 Å². The molecule has 62 valence electrons. The van der Waals surface area contributed by atoms with E-state index in [0.29, 0.717) is 12.8 Å². The number of hydrogen-bond donors (Lipinski definition) is 1. The second-order valence-corrected chi connectivity index (χ2v) is 2.89. The Bertz CT molecular complexity index is 147. The van der Waals surface area contributed by atoms with E-state index in [1.165, 1.54) is 0 Å². The summed E-state index contributed by atoms with van der Waals surface area (Å²) < 4.78 is 0. The van der Waals surface area contributed by atoms with Crippen molar-refractivity contribution in [2.45, 2.75) is 38.5 Å². The first-order valence-electron chi connectivity index (χ1n) is 4.12. The van der Waals surface area contributed by atoms with Crippen molar-refractivity contribution >= 4 is 11.8 Å².